The minimum absolute atomic E-state index is 0.0110. The maximum absolute atomic E-state index is 12.1. The predicted octanol–water partition coefficient (Wildman–Crippen LogP) is 1.44. The van der Waals surface area contributed by atoms with Gasteiger partial charge in [0.2, 0.25) is 10.0 Å². The molecule has 2 rings (SSSR count). The summed E-state index contributed by atoms with van der Waals surface area (Å²) in [5, 5.41) is 0. The van der Waals surface area contributed by atoms with Crippen LogP contribution >= 0.6 is 0 Å². The van der Waals surface area contributed by atoms with E-state index in [2.05, 4.69) is 0 Å². The second-order valence-electron chi connectivity index (χ2n) is 4.68. The van der Waals surface area contributed by atoms with Gasteiger partial charge in [-0.1, -0.05) is 18.2 Å². The molecule has 0 aromatic heterocycles. The van der Waals surface area contributed by atoms with Crippen LogP contribution in [0.3, 0.4) is 0 Å². The van der Waals surface area contributed by atoms with Crippen molar-refractivity contribution in [2.75, 3.05) is 19.3 Å². The monoisotopic (exact) mass is 254 g/mol. The SMILES string of the molecule is CN(CC1CC1)S(=O)(=O)Cc1ccccc1N. The number of sulfonamides is 1. The number of nitrogens with zero attached hydrogens (tertiary/aromatic N) is 1. The molecule has 0 amide bonds. The molecule has 0 aliphatic heterocycles. The summed E-state index contributed by atoms with van der Waals surface area (Å²) in [6.45, 7) is 0.634. The highest BCUT2D eigenvalue weighted by molar-refractivity contribution is 7.88. The van der Waals surface area contributed by atoms with Gasteiger partial charge in [-0.2, -0.15) is 0 Å². The van der Waals surface area contributed by atoms with Gasteiger partial charge in [0.1, 0.15) is 0 Å². The molecule has 1 aliphatic carbocycles. The van der Waals surface area contributed by atoms with E-state index in [1.165, 1.54) is 4.31 Å². The highest BCUT2D eigenvalue weighted by Crippen LogP contribution is 2.30. The number of hydrogen-bond donors (Lipinski definition) is 1. The van der Waals surface area contributed by atoms with Crippen LogP contribution in [0.5, 0.6) is 0 Å². The van der Waals surface area contributed by atoms with E-state index < -0.39 is 10.0 Å². The molecule has 0 bridgehead atoms. The Kier molecular flexibility index (Phi) is 3.40. The molecule has 0 saturated heterocycles. The van der Waals surface area contributed by atoms with E-state index in [-0.39, 0.29) is 5.75 Å². The second-order valence-corrected chi connectivity index (χ2v) is 6.75. The van der Waals surface area contributed by atoms with Gasteiger partial charge in [0.15, 0.2) is 0 Å². The lowest BCUT2D eigenvalue weighted by molar-refractivity contribution is 0.452. The highest BCUT2D eigenvalue weighted by Gasteiger charge is 2.28. The van der Waals surface area contributed by atoms with Crippen molar-refractivity contribution in [2.24, 2.45) is 5.92 Å². The number of benzene rings is 1. The highest BCUT2D eigenvalue weighted by atomic mass is 32.2. The van der Waals surface area contributed by atoms with Crippen LogP contribution in [0.2, 0.25) is 0 Å². The van der Waals surface area contributed by atoms with Gasteiger partial charge in [0.05, 0.1) is 5.75 Å². The van der Waals surface area contributed by atoms with Gasteiger partial charge in [0.25, 0.3) is 0 Å². The second kappa shape index (κ2) is 4.66. The lowest BCUT2D eigenvalue weighted by Gasteiger charge is -2.17. The first kappa shape index (κ1) is 12.4. The molecule has 0 radical (unpaired) electrons. The fourth-order valence-corrected chi connectivity index (χ4v) is 3.06. The van der Waals surface area contributed by atoms with E-state index in [1.807, 2.05) is 6.07 Å². The maximum Gasteiger partial charge on any atom is 0.218 e. The van der Waals surface area contributed by atoms with Crippen molar-refractivity contribution in [2.45, 2.75) is 18.6 Å². The van der Waals surface area contributed by atoms with E-state index in [9.17, 15) is 8.42 Å². The Morgan fingerprint density at radius 2 is 2.00 bits per heavy atom. The number of hydrogen-bond acceptors (Lipinski definition) is 3. The normalized spacial score (nSPS) is 16.4. The third-order valence-electron chi connectivity index (χ3n) is 3.08. The first-order valence-electron chi connectivity index (χ1n) is 5.76. The first-order valence-corrected chi connectivity index (χ1v) is 7.37. The third kappa shape index (κ3) is 3.20. The van der Waals surface area contributed by atoms with Crippen LogP contribution in [-0.2, 0) is 15.8 Å². The van der Waals surface area contributed by atoms with Crippen LogP contribution < -0.4 is 5.73 Å². The molecule has 1 aromatic carbocycles. The Balaban J connectivity index is 2.08. The van der Waals surface area contributed by atoms with Gasteiger partial charge in [-0.05, 0) is 30.4 Å². The summed E-state index contributed by atoms with van der Waals surface area (Å²) in [6.07, 6.45) is 2.29. The van der Waals surface area contributed by atoms with Crippen molar-refractivity contribution in [3.63, 3.8) is 0 Å². The molecule has 1 fully saturated rings. The van der Waals surface area contributed by atoms with Crippen molar-refractivity contribution in [3.8, 4) is 0 Å². The van der Waals surface area contributed by atoms with Crippen molar-refractivity contribution in [1.29, 1.82) is 0 Å². The molecule has 2 N–H and O–H groups in total. The molecular weight excluding hydrogens is 236 g/mol. The summed E-state index contributed by atoms with van der Waals surface area (Å²) in [4.78, 5) is 0. The van der Waals surface area contributed by atoms with Gasteiger partial charge >= 0.3 is 0 Å². The molecule has 17 heavy (non-hydrogen) atoms. The smallest absolute Gasteiger partial charge is 0.218 e. The fourth-order valence-electron chi connectivity index (χ4n) is 1.75. The maximum atomic E-state index is 12.1. The van der Waals surface area contributed by atoms with Crippen molar-refractivity contribution in [1.82, 2.24) is 4.31 Å². The van der Waals surface area contributed by atoms with Crippen LogP contribution in [-0.4, -0.2) is 26.3 Å². The Morgan fingerprint density at radius 3 is 2.59 bits per heavy atom. The quantitative estimate of drug-likeness (QED) is 0.809. The van der Waals surface area contributed by atoms with E-state index >= 15 is 0 Å². The van der Waals surface area contributed by atoms with E-state index in [1.54, 1.807) is 25.2 Å². The van der Waals surface area contributed by atoms with Gasteiger partial charge < -0.3 is 5.73 Å². The van der Waals surface area contributed by atoms with Crippen molar-refractivity contribution < 1.29 is 8.42 Å². The van der Waals surface area contributed by atoms with Gasteiger partial charge in [0, 0.05) is 19.3 Å². The van der Waals surface area contributed by atoms with Crippen LogP contribution in [0.4, 0.5) is 5.69 Å². The van der Waals surface area contributed by atoms with Gasteiger partial charge in [-0.3, -0.25) is 0 Å². The molecule has 1 aliphatic rings. The Morgan fingerprint density at radius 1 is 1.35 bits per heavy atom. The van der Waals surface area contributed by atoms with E-state index in [4.69, 9.17) is 5.73 Å². The predicted molar refractivity (Wildman–Crippen MR) is 68.8 cm³/mol. The lowest BCUT2D eigenvalue weighted by atomic mass is 10.2. The fraction of sp³-hybridized carbons (Fsp3) is 0.500. The Bertz CT molecular complexity index is 495. The minimum Gasteiger partial charge on any atom is -0.398 e. The zero-order chi connectivity index (χ0) is 12.5. The zero-order valence-electron chi connectivity index (χ0n) is 9.96. The van der Waals surface area contributed by atoms with Crippen LogP contribution in [0.15, 0.2) is 24.3 Å². The molecule has 0 heterocycles. The summed E-state index contributed by atoms with van der Waals surface area (Å²) in [5.74, 6) is 0.547. The summed E-state index contributed by atoms with van der Waals surface area (Å²) in [5.41, 5.74) is 6.97. The molecule has 1 saturated carbocycles. The standard InChI is InChI=1S/C12H18N2O2S/c1-14(8-10-6-7-10)17(15,16)9-11-4-2-3-5-12(11)13/h2-5,10H,6-9,13H2,1H3. The molecular formula is C12H18N2O2S. The molecule has 4 nitrogen and oxygen atoms in total. The molecule has 0 atom stereocenters. The van der Waals surface area contributed by atoms with Crippen molar-refractivity contribution in [3.05, 3.63) is 29.8 Å². The Hall–Kier alpha value is -1.07. The number of nitrogen functional groups attached to an aromatic ring is 1. The molecule has 0 unspecified atom stereocenters. The largest absolute Gasteiger partial charge is 0.398 e. The summed E-state index contributed by atoms with van der Waals surface area (Å²) >= 11 is 0. The molecule has 94 valence electrons. The molecule has 0 spiro atoms. The minimum atomic E-state index is -3.24. The number of nitrogens with two attached hydrogens (primary N) is 1. The molecule has 5 heteroatoms. The van der Waals surface area contributed by atoms with Gasteiger partial charge in [-0.15, -0.1) is 0 Å². The number of rotatable bonds is 5. The lowest BCUT2D eigenvalue weighted by Crippen LogP contribution is -2.30. The average molecular weight is 254 g/mol. The summed E-state index contributed by atoms with van der Waals surface area (Å²) in [6, 6.07) is 7.10. The third-order valence-corrected chi connectivity index (χ3v) is 4.85. The molecule has 1 aromatic rings. The first-order chi connectivity index (χ1) is 7.99. The number of anilines is 1. The van der Waals surface area contributed by atoms with Gasteiger partial charge in [-0.25, -0.2) is 12.7 Å². The number of para-hydroxylation sites is 1. The summed E-state index contributed by atoms with van der Waals surface area (Å²) < 4.78 is 25.6. The van der Waals surface area contributed by atoms with Crippen LogP contribution in [0, 0.1) is 5.92 Å². The van der Waals surface area contributed by atoms with Crippen LogP contribution in [0.1, 0.15) is 18.4 Å². The summed E-state index contributed by atoms with van der Waals surface area (Å²) in [7, 11) is -1.59. The van der Waals surface area contributed by atoms with E-state index in [0.29, 0.717) is 23.7 Å². The Labute approximate surface area is 102 Å². The average Bonchev–Trinajstić information content (AvgIpc) is 3.05. The van der Waals surface area contributed by atoms with Crippen LogP contribution in [0.25, 0.3) is 0 Å². The van der Waals surface area contributed by atoms with Crippen molar-refractivity contribution >= 4 is 15.7 Å². The topological polar surface area (TPSA) is 63.4 Å². The zero-order valence-corrected chi connectivity index (χ0v) is 10.8. The van der Waals surface area contributed by atoms with E-state index in [0.717, 1.165) is 12.8 Å².